The molecule has 176 valence electrons. The molecular formula is C29H54O. The smallest absolute Gasteiger partial charge is 0.0766 e. The minimum absolute atomic E-state index is 0.252. The summed E-state index contributed by atoms with van der Waals surface area (Å²) in [5, 5.41) is 0. The van der Waals surface area contributed by atoms with Crippen molar-refractivity contribution in [1.82, 2.24) is 0 Å². The van der Waals surface area contributed by atoms with E-state index in [1.165, 1.54) is 148 Å². The third-order valence-corrected chi connectivity index (χ3v) is 9.08. The molecule has 0 amide bonds. The second-order valence-corrected chi connectivity index (χ2v) is 11.2. The summed E-state index contributed by atoms with van der Waals surface area (Å²) in [7, 11) is 0. The minimum atomic E-state index is 0.252. The van der Waals surface area contributed by atoms with Gasteiger partial charge in [-0.25, -0.2) is 0 Å². The van der Waals surface area contributed by atoms with E-state index in [1.54, 1.807) is 0 Å². The molecule has 0 N–H and O–H groups in total. The van der Waals surface area contributed by atoms with Gasteiger partial charge in [-0.1, -0.05) is 110 Å². The normalized spacial score (nSPS) is 23.1. The Bertz CT molecular complexity index is 367. The Labute approximate surface area is 189 Å². The van der Waals surface area contributed by atoms with Crippen LogP contribution in [-0.2, 0) is 4.74 Å². The zero-order valence-corrected chi connectivity index (χ0v) is 20.6. The van der Waals surface area contributed by atoms with Crippen molar-refractivity contribution in [3.63, 3.8) is 0 Å². The predicted molar refractivity (Wildman–Crippen MR) is 131 cm³/mol. The molecule has 3 saturated carbocycles. The summed E-state index contributed by atoms with van der Waals surface area (Å²) in [6.07, 6.45) is 33.2. The molecular weight excluding hydrogens is 364 g/mol. The van der Waals surface area contributed by atoms with Crippen molar-refractivity contribution in [2.24, 2.45) is 17.8 Å². The van der Waals surface area contributed by atoms with Crippen molar-refractivity contribution in [1.29, 1.82) is 0 Å². The maximum Gasteiger partial charge on any atom is 0.0766 e. The zero-order valence-electron chi connectivity index (χ0n) is 20.6. The highest BCUT2D eigenvalue weighted by Gasteiger charge is 2.51. The van der Waals surface area contributed by atoms with E-state index >= 15 is 0 Å². The molecule has 0 aromatic heterocycles. The van der Waals surface area contributed by atoms with Gasteiger partial charge in [0.05, 0.1) is 5.60 Å². The van der Waals surface area contributed by atoms with Crippen molar-refractivity contribution < 1.29 is 4.74 Å². The van der Waals surface area contributed by atoms with Crippen molar-refractivity contribution in [2.75, 3.05) is 6.61 Å². The second-order valence-electron chi connectivity index (χ2n) is 11.2. The van der Waals surface area contributed by atoms with Gasteiger partial charge in [-0.05, 0) is 62.7 Å². The third-order valence-electron chi connectivity index (χ3n) is 9.08. The van der Waals surface area contributed by atoms with E-state index in [0.29, 0.717) is 0 Å². The average Bonchev–Trinajstić information content (AvgIpc) is 2.82. The van der Waals surface area contributed by atoms with E-state index in [-0.39, 0.29) is 5.60 Å². The van der Waals surface area contributed by atoms with Gasteiger partial charge in [-0.3, -0.25) is 0 Å². The quantitative estimate of drug-likeness (QED) is 0.270. The lowest BCUT2D eigenvalue weighted by Crippen LogP contribution is -2.55. The van der Waals surface area contributed by atoms with Crippen molar-refractivity contribution >= 4 is 0 Å². The lowest BCUT2D eigenvalue weighted by Gasteiger charge is -2.54. The molecule has 3 aliphatic rings. The van der Waals surface area contributed by atoms with Gasteiger partial charge < -0.3 is 4.74 Å². The Morgan fingerprint density at radius 3 is 1.27 bits per heavy atom. The summed E-state index contributed by atoms with van der Waals surface area (Å²) in [6, 6.07) is 0. The van der Waals surface area contributed by atoms with Crippen LogP contribution in [0.5, 0.6) is 0 Å². The molecule has 0 aromatic rings. The van der Waals surface area contributed by atoms with Gasteiger partial charge in [0, 0.05) is 6.61 Å². The monoisotopic (exact) mass is 418 g/mol. The summed E-state index contributed by atoms with van der Waals surface area (Å²) in [5.41, 5.74) is 0.252. The molecule has 0 spiro atoms. The molecule has 0 saturated heterocycles. The van der Waals surface area contributed by atoms with Gasteiger partial charge in [-0.15, -0.1) is 0 Å². The summed E-state index contributed by atoms with van der Waals surface area (Å²) < 4.78 is 7.29. The third kappa shape index (κ3) is 6.98. The van der Waals surface area contributed by atoms with Gasteiger partial charge in [0.1, 0.15) is 0 Å². The number of rotatable bonds is 13. The van der Waals surface area contributed by atoms with E-state index in [4.69, 9.17) is 4.74 Å². The fourth-order valence-electron chi connectivity index (χ4n) is 7.50. The first-order chi connectivity index (χ1) is 14.9. The molecule has 0 atom stereocenters. The SMILES string of the molecule is CCCCCCCCCCOC(C1CCCCC1)(C1CCCCC1)C1CCCCC1. The van der Waals surface area contributed by atoms with Crippen molar-refractivity contribution in [3.8, 4) is 0 Å². The standard InChI is InChI=1S/C29H54O/c1-2-3-4-5-6-7-8-18-25-30-29(26-19-12-9-13-20-26,27-21-14-10-15-22-27)28-23-16-11-17-24-28/h26-28H,2-25H2,1H3. The van der Waals surface area contributed by atoms with E-state index in [2.05, 4.69) is 6.92 Å². The molecule has 3 aliphatic carbocycles. The first-order valence-electron chi connectivity index (χ1n) is 14.5. The highest BCUT2D eigenvalue weighted by Crippen LogP contribution is 2.52. The summed E-state index contributed by atoms with van der Waals surface area (Å²) in [6.45, 7) is 3.37. The lowest BCUT2D eigenvalue weighted by atomic mass is 9.58. The van der Waals surface area contributed by atoms with Crippen LogP contribution >= 0.6 is 0 Å². The fourth-order valence-corrected chi connectivity index (χ4v) is 7.50. The average molecular weight is 419 g/mol. The Hall–Kier alpha value is -0.0400. The number of unbranched alkanes of at least 4 members (excludes halogenated alkanes) is 7. The van der Waals surface area contributed by atoms with Crippen LogP contribution in [0.2, 0.25) is 0 Å². The van der Waals surface area contributed by atoms with Crippen LogP contribution in [-0.4, -0.2) is 12.2 Å². The van der Waals surface area contributed by atoms with Gasteiger partial charge >= 0.3 is 0 Å². The molecule has 0 bridgehead atoms. The van der Waals surface area contributed by atoms with Crippen LogP contribution in [0.3, 0.4) is 0 Å². The molecule has 30 heavy (non-hydrogen) atoms. The zero-order chi connectivity index (χ0) is 20.9. The maximum atomic E-state index is 7.29. The van der Waals surface area contributed by atoms with Gasteiger partial charge in [0.25, 0.3) is 0 Å². The first kappa shape index (κ1) is 24.6. The molecule has 3 rings (SSSR count). The van der Waals surface area contributed by atoms with Crippen LogP contribution in [0.25, 0.3) is 0 Å². The molecule has 0 unspecified atom stereocenters. The maximum absolute atomic E-state index is 7.29. The molecule has 1 heteroatoms. The van der Waals surface area contributed by atoms with Crippen LogP contribution in [0.4, 0.5) is 0 Å². The van der Waals surface area contributed by atoms with Gasteiger partial charge in [-0.2, -0.15) is 0 Å². The van der Waals surface area contributed by atoms with Crippen LogP contribution in [0.1, 0.15) is 155 Å². The topological polar surface area (TPSA) is 9.23 Å². The van der Waals surface area contributed by atoms with Crippen LogP contribution < -0.4 is 0 Å². The molecule has 3 fully saturated rings. The summed E-state index contributed by atoms with van der Waals surface area (Å²) in [5.74, 6) is 2.60. The van der Waals surface area contributed by atoms with Gasteiger partial charge in [0.2, 0.25) is 0 Å². The second kappa shape index (κ2) is 14.2. The molecule has 0 aromatic carbocycles. The van der Waals surface area contributed by atoms with Crippen LogP contribution in [0, 0.1) is 17.8 Å². The van der Waals surface area contributed by atoms with Crippen LogP contribution in [0.15, 0.2) is 0 Å². The lowest BCUT2D eigenvalue weighted by molar-refractivity contribution is -0.184. The highest BCUT2D eigenvalue weighted by atomic mass is 16.5. The van der Waals surface area contributed by atoms with E-state index in [9.17, 15) is 0 Å². The summed E-state index contributed by atoms with van der Waals surface area (Å²) in [4.78, 5) is 0. The van der Waals surface area contributed by atoms with E-state index < -0.39 is 0 Å². The number of hydrogen-bond acceptors (Lipinski definition) is 1. The Balaban J connectivity index is 1.60. The van der Waals surface area contributed by atoms with Gasteiger partial charge in [0.15, 0.2) is 0 Å². The molecule has 1 nitrogen and oxygen atoms in total. The van der Waals surface area contributed by atoms with Crippen molar-refractivity contribution in [3.05, 3.63) is 0 Å². The molecule has 0 radical (unpaired) electrons. The Kier molecular flexibility index (Phi) is 11.6. The van der Waals surface area contributed by atoms with E-state index in [0.717, 1.165) is 24.4 Å². The van der Waals surface area contributed by atoms with E-state index in [1.807, 2.05) is 0 Å². The summed E-state index contributed by atoms with van der Waals surface area (Å²) >= 11 is 0. The molecule has 0 aliphatic heterocycles. The highest BCUT2D eigenvalue weighted by molar-refractivity contribution is 5.01. The fraction of sp³-hybridized carbons (Fsp3) is 1.00. The first-order valence-corrected chi connectivity index (χ1v) is 14.5. The number of ether oxygens (including phenoxy) is 1. The molecule has 0 heterocycles. The van der Waals surface area contributed by atoms with Crippen molar-refractivity contribution in [2.45, 2.75) is 160 Å². The Morgan fingerprint density at radius 1 is 0.500 bits per heavy atom. The predicted octanol–water partition coefficient (Wildman–Crippen LogP) is 9.62. The Morgan fingerprint density at radius 2 is 0.867 bits per heavy atom. The largest absolute Gasteiger partial charge is 0.374 e. The number of hydrogen-bond donors (Lipinski definition) is 0. The minimum Gasteiger partial charge on any atom is -0.374 e.